The van der Waals surface area contributed by atoms with Crippen molar-refractivity contribution < 1.29 is 4.74 Å². The van der Waals surface area contributed by atoms with Gasteiger partial charge in [0, 0.05) is 20.7 Å². The van der Waals surface area contributed by atoms with Crippen LogP contribution in [0, 0.1) is 0 Å². The highest BCUT2D eigenvalue weighted by atomic mass is 16.5. The maximum absolute atomic E-state index is 11.8. The van der Waals surface area contributed by atoms with Gasteiger partial charge in [0.1, 0.15) is 5.69 Å². The first-order chi connectivity index (χ1) is 7.13. The standard InChI is InChI=1S/C10H19N3O2/c1-4-5-6-13-10(14)9(11)8(7-15-3)12(13)2/h4-7,11H2,1-3H3. The van der Waals surface area contributed by atoms with Gasteiger partial charge in [-0.05, 0) is 6.42 Å². The van der Waals surface area contributed by atoms with Gasteiger partial charge in [-0.15, -0.1) is 0 Å². The summed E-state index contributed by atoms with van der Waals surface area (Å²) in [5.74, 6) is 0. The van der Waals surface area contributed by atoms with Gasteiger partial charge in [0.2, 0.25) is 0 Å². The van der Waals surface area contributed by atoms with E-state index >= 15 is 0 Å². The zero-order chi connectivity index (χ0) is 11.4. The van der Waals surface area contributed by atoms with E-state index in [2.05, 4.69) is 6.92 Å². The molecular weight excluding hydrogens is 194 g/mol. The van der Waals surface area contributed by atoms with Crippen molar-refractivity contribution in [1.29, 1.82) is 0 Å². The normalized spacial score (nSPS) is 10.9. The largest absolute Gasteiger partial charge is 0.393 e. The number of aromatic nitrogens is 2. The Morgan fingerprint density at radius 3 is 2.67 bits per heavy atom. The van der Waals surface area contributed by atoms with Gasteiger partial charge < -0.3 is 10.5 Å². The Morgan fingerprint density at radius 2 is 2.13 bits per heavy atom. The van der Waals surface area contributed by atoms with Gasteiger partial charge in [0.15, 0.2) is 0 Å². The molecule has 15 heavy (non-hydrogen) atoms. The van der Waals surface area contributed by atoms with Gasteiger partial charge in [0.05, 0.1) is 12.3 Å². The molecule has 0 aliphatic rings. The van der Waals surface area contributed by atoms with E-state index in [0.29, 0.717) is 18.8 Å². The molecule has 5 nitrogen and oxygen atoms in total. The van der Waals surface area contributed by atoms with Crippen molar-refractivity contribution in [2.24, 2.45) is 7.05 Å². The molecule has 1 heterocycles. The monoisotopic (exact) mass is 213 g/mol. The smallest absolute Gasteiger partial charge is 0.290 e. The number of unbranched alkanes of at least 4 members (excludes halogenated alkanes) is 1. The Bertz CT molecular complexity index is 379. The van der Waals surface area contributed by atoms with Crippen LogP contribution in [0.25, 0.3) is 0 Å². The number of nitrogens with two attached hydrogens (primary N) is 1. The third-order valence-corrected chi connectivity index (χ3v) is 2.53. The van der Waals surface area contributed by atoms with Crippen LogP contribution in [0.3, 0.4) is 0 Å². The van der Waals surface area contributed by atoms with Crippen molar-refractivity contribution in [2.45, 2.75) is 32.9 Å². The molecule has 1 rings (SSSR count). The molecule has 0 fully saturated rings. The van der Waals surface area contributed by atoms with Gasteiger partial charge in [0.25, 0.3) is 5.56 Å². The summed E-state index contributed by atoms with van der Waals surface area (Å²) in [6, 6.07) is 0. The molecule has 0 atom stereocenters. The Hall–Kier alpha value is -1.23. The summed E-state index contributed by atoms with van der Waals surface area (Å²) in [6.07, 6.45) is 2.03. The molecule has 0 radical (unpaired) electrons. The van der Waals surface area contributed by atoms with Crippen LogP contribution >= 0.6 is 0 Å². The predicted molar refractivity (Wildman–Crippen MR) is 59.7 cm³/mol. The average Bonchev–Trinajstić information content (AvgIpc) is 2.42. The molecule has 0 spiro atoms. The summed E-state index contributed by atoms with van der Waals surface area (Å²) < 4.78 is 8.46. The van der Waals surface area contributed by atoms with Crippen LogP contribution in [0.4, 0.5) is 5.69 Å². The molecule has 0 aliphatic carbocycles. The second-order valence-electron chi connectivity index (χ2n) is 3.60. The number of nitrogens with zero attached hydrogens (tertiary/aromatic N) is 2. The van der Waals surface area contributed by atoms with Crippen LogP contribution in [0.1, 0.15) is 25.5 Å². The van der Waals surface area contributed by atoms with E-state index in [1.54, 1.807) is 16.5 Å². The summed E-state index contributed by atoms with van der Waals surface area (Å²) in [7, 11) is 3.43. The van der Waals surface area contributed by atoms with E-state index in [0.717, 1.165) is 18.5 Å². The number of ether oxygens (including phenoxy) is 1. The van der Waals surface area contributed by atoms with E-state index in [1.165, 1.54) is 0 Å². The zero-order valence-electron chi connectivity index (χ0n) is 9.62. The fraction of sp³-hybridized carbons (Fsp3) is 0.700. The molecule has 5 heteroatoms. The SMILES string of the molecule is CCCCn1c(=O)c(N)c(COC)n1C. The first kappa shape index (κ1) is 11.8. The summed E-state index contributed by atoms with van der Waals surface area (Å²) in [6.45, 7) is 3.17. The fourth-order valence-corrected chi connectivity index (χ4v) is 1.59. The maximum atomic E-state index is 11.8. The van der Waals surface area contributed by atoms with E-state index in [-0.39, 0.29) is 5.56 Å². The number of hydrogen-bond donors (Lipinski definition) is 1. The molecule has 1 aromatic heterocycles. The van der Waals surface area contributed by atoms with E-state index in [1.807, 2.05) is 7.05 Å². The third-order valence-electron chi connectivity index (χ3n) is 2.53. The highest BCUT2D eigenvalue weighted by molar-refractivity contribution is 5.41. The second kappa shape index (κ2) is 5.02. The number of methoxy groups -OCH3 is 1. The Morgan fingerprint density at radius 1 is 1.47 bits per heavy atom. The summed E-state index contributed by atoms with van der Waals surface area (Å²) in [4.78, 5) is 11.8. The molecule has 0 unspecified atom stereocenters. The Labute approximate surface area is 89.4 Å². The van der Waals surface area contributed by atoms with Crippen LogP contribution in [0.15, 0.2) is 4.79 Å². The lowest BCUT2D eigenvalue weighted by Gasteiger charge is -2.08. The molecule has 0 saturated heterocycles. The third kappa shape index (κ3) is 2.23. The Kier molecular flexibility index (Phi) is 3.96. The molecule has 0 aliphatic heterocycles. The molecule has 2 N–H and O–H groups in total. The summed E-state index contributed by atoms with van der Waals surface area (Å²) in [5, 5.41) is 0. The van der Waals surface area contributed by atoms with E-state index < -0.39 is 0 Å². The highest BCUT2D eigenvalue weighted by Crippen LogP contribution is 2.08. The van der Waals surface area contributed by atoms with Crippen molar-refractivity contribution in [3.05, 3.63) is 16.0 Å². The number of nitrogen functional groups attached to an aromatic ring is 1. The molecule has 0 saturated carbocycles. The van der Waals surface area contributed by atoms with Crippen molar-refractivity contribution in [3.63, 3.8) is 0 Å². The second-order valence-corrected chi connectivity index (χ2v) is 3.60. The number of rotatable bonds is 5. The molecule has 0 amide bonds. The maximum Gasteiger partial charge on any atom is 0.290 e. The van der Waals surface area contributed by atoms with Crippen LogP contribution in [-0.4, -0.2) is 16.5 Å². The fourth-order valence-electron chi connectivity index (χ4n) is 1.59. The van der Waals surface area contributed by atoms with Gasteiger partial charge in [-0.2, -0.15) is 0 Å². The lowest BCUT2D eigenvalue weighted by Crippen LogP contribution is -2.22. The lowest BCUT2D eigenvalue weighted by molar-refractivity contribution is 0.176. The van der Waals surface area contributed by atoms with Crippen LogP contribution in [0.2, 0.25) is 0 Å². The van der Waals surface area contributed by atoms with Crippen molar-refractivity contribution in [3.8, 4) is 0 Å². The van der Waals surface area contributed by atoms with Gasteiger partial charge in [-0.25, -0.2) is 4.68 Å². The minimum atomic E-state index is -0.113. The first-order valence-electron chi connectivity index (χ1n) is 5.16. The Balaban J connectivity index is 3.06. The van der Waals surface area contributed by atoms with Crippen LogP contribution in [0.5, 0.6) is 0 Å². The highest BCUT2D eigenvalue weighted by Gasteiger charge is 2.14. The molecule has 0 aromatic carbocycles. The van der Waals surface area contributed by atoms with Gasteiger partial charge in [-0.3, -0.25) is 9.48 Å². The minimum Gasteiger partial charge on any atom is -0.393 e. The molecular formula is C10H19N3O2. The predicted octanol–water partition coefficient (Wildman–Crippen LogP) is 0.715. The quantitative estimate of drug-likeness (QED) is 0.783. The summed E-state index contributed by atoms with van der Waals surface area (Å²) in [5.41, 5.74) is 6.66. The van der Waals surface area contributed by atoms with Crippen molar-refractivity contribution in [1.82, 2.24) is 9.36 Å². The van der Waals surface area contributed by atoms with Gasteiger partial charge >= 0.3 is 0 Å². The van der Waals surface area contributed by atoms with Crippen LogP contribution in [-0.2, 0) is 24.9 Å². The van der Waals surface area contributed by atoms with Gasteiger partial charge in [-0.1, -0.05) is 13.3 Å². The van der Waals surface area contributed by atoms with E-state index in [4.69, 9.17) is 10.5 Å². The van der Waals surface area contributed by atoms with Crippen LogP contribution < -0.4 is 11.3 Å². The molecule has 86 valence electrons. The van der Waals surface area contributed by atoms with Crippen molar-refractivity contribution in [2.75, 3.05) is 12.8 Å². The topological polar surface area (TPSA) is 62.2 Å². The van der Waals surface area contributed by atoms with Crippen molar-refractivity contribution >= 4 is 5.69 Å². The number of anilines is 1. The zero-order valence-corrected chi connectivity index (χ0v) is 9.62. The summed E-state index contributed by atoms with van der Waals surface area (Å²) >= 11 is 0. The lowest BCUT2D eigenvalue weighted by atomic mass is 10.3. The van der Waals surface area contributed by atoms with E-state index in [9.17, 15) is 4.79 Å². The first-order valence-corrected chi connectivity index (χ1v) is 5.16. The number of hydrogen-bond acceptors (Lipinski definition) is 3. The average molecular weight is 213 g/mol. The minimum absolute atomic E-state index is 0.113. The molecule has 1 aromatic rings. The molecule has 0 bridgehead atoms.